The van der Waals surface area contributed by atoms with Crippen LogP contribution in [-0.4, -0.2) is 19.5 Å². The van der Waals surface area contributed by atoms with E-state index in [0.29, 0.717) is 4.47 Å². The quantitative estimate of drug-likeness (QED) is 0.820. The third-order valence-electron chi connectivity index (χ3n) is 2.62. The van der Waals surface area contributed by atoms with Gasteiger partial charge in [0.1, 0.15) is 5.75 Å². The van der Waals surface area contributed by atoms with Gasteiger partial charge in [0.15, 0.2) is 0 Å². The van der Waals surface area contributed by atoms with Gasteiger partial charge < -0.3 is 9.64 Å². The van der Waals surface area contributed by atoms with E-state index in [0.717, 1.165) is 31.6 Å². The first-order valence-electron chi connectivity index (χ1n) is 5.26. The molecule has 0 atom stereocenters. The number of anilines is 1. The Bertz CT molecular complexity index is 402. The fraction of sp³-hybridized carbons (Fsp3) is 0.455. The summed E-state index contributed by atoms with van der Waals surface area (Å²) < 4.78 is 40.8. The molecule has 2 rings (SSSR count). The van der Waals surface area contributed by atoms with Crippen LogP contribution < -0.4 is 9.64 Å². The van der Waals surface area contributed by atoms with E-state index < -0.39 is 6.36 Å². The standard InChI is InChI=1S/C11H11BrF3NO/c12-10-8(16-6-1-2-7-16)4-3-5-9(10)17-11(13,14)15/h3-5H,1-2,6-7H2. The lowest BCUT2D eigenvalue weighted by atomic mass is 10.3. The van der Waals surface area contributed by atoms with E-state index in [2.05, 4.69) is 20.7 Å². The maximum Gasteiger partial charge on any atom is 0.573 e. The van der Waals surface area contributed by atoms with Crippen molar-refractivity contribution in [1.82, 2.24) is 0 Å². The number of alkyl halides is 3. The second kappa shape index (κ2) is 4.76. The number of nitrogens with zero attached hydrogens (tertiary/aromatic N) is 1. The number of ether oxygens (including phenoxy) is 1. The predicted octanol–water partition coefficient (Wildman–Crippen LogP) is 3.95. The van der Waals surface area contributed by atoms with Crippen LogP contribution in [0.5, 0.6) is 5.75 Å². The molecule has 17 heavy (non-hydrogen) atoms. The number of hydrogen-bond donors (Lipinski definition) is 0. The highest BCUT2D eigenvalue weighted by molar-refractivity contribution is 9.10. The summed E-state index contributed by atoms with van der Waals surface area (Å²) in [4.78, 5) is 2.05. The van der Waals surface area contributed by atoms with Crippen LogP contribution in [0.25, 0.3) is 0 Å². The molecule has 1 aromatic rings. The molecule has 0 saturated carbocycles. The van der Waals surface area contributed by atoms with Crippen molar-refractivity contribution in [3.8, 4) is 5.75 Å². The summed E-state index contributed by atoms with van der Waals surface area (Å²) >= 11 is 3.18. The first kappa shape index (κ1) is 12.5. The topological polar surface area (TPSA) is 12.5 Å². The van der Waals surface area contributed by atoms with Crippen molar-refractivity contribution in [2.45, 2.75) is 19.2 Å². The van der Waals surface area contributed by atoms with E-state index in [-0.39, 0.29) is 5.75 Å². The fourth-order valence-corrected chi connectivity index (χ4v) is 2.50. The van der Waals surface area contributed by atoms with Crippen LogP contribution in [0.15, 0.2) is 22.7 Å². The second-order valence-electron chi connectivity index (χ2n) is 3.83. The number of benzene rings is 1. The Morgan fingerprint density at radius 1 is 1.18 bits per heavy atom. The van der Waals surface area contributed by atoms with Crippen LogP contribution in [0.1, 0.15) is 12.8 Å². The third-order valence-corrected chi connectivity index (χ3v) is 3.41. The Morgan fingerprint density at radius 3 is 2.41 bits per heavy atom. The van der Waals surface area contributed by atoms with E-state index in [1.54, 1.807) is 12.1 Å². The SMILES string of the molecule is FC(F)(F)Oc1cccc(N2CCCC2)c1Br. The van der Waals surface area contributed by atoms with Gasteiger partial charge in [0.05, 0.1) is 10.2 Å². The molecule has 0 unspecified atom stereocenters. The Balaban J connectivity index is 2.26. The number of hydrogen-bond acceptors (Lipinski definition) is 2. The lowest BCUT2D eigenvalue weighted by molar-refractivity contribution is -0.274. The highest BCUT2D eigenvalue weighted by Crippen LogP contribution is 2.38. The zero-order chi connectivity index (χ0) is 12.5. The zero-order valence-corrected chi connectivity index (χ0v) is 10.5. The lowest BCUT2D eigenvalue weighted by Gasteiger charge is -2.21. The van der Waals surface area contributed by atoms with Crippen molar-refractivity contribution in [2.24, 2.45) is 0 Å². The average Bonchev–Trinajstić information content (AvgIpc) is 2.72. The number of rotatable bonds is 2. The van der Waals surface area contributed by atoms with Gasteiger partial charge in [0, 0.05) is 13.1 Å². The van der Waals surface area contributed by atoms with E-state index >= 15 is 0 Å². The molecule has 0 spiro atoms. The molecule has 1 heterocycles. The number of halogens is 4. The van der Waals surface area contributed by atoms with Crippen LogP contribution in [0.4, 0.5) is 18.9 Å². The molecule has 0 aromatic heterocycles. The van der Waals surface area contributed by atoms with Gasteiger partial charge in [-0.05, 0) is 40.9 Å². The summed E-state index contributed by atoms with van der Waals surface area (Å²) in [6, 6.07) is 4.66. The molecule has 0 amide bonds. The smallest absolute Gasteiger partial charge is 0.405 e. The molecule has 0 radical (unpaired) electrons. The maximum atomic E-state index is 12.2. The van der Waals surface area contributed by atoms with Crippen LogP contribution >= 0.6 is 15.9 Å². The van der Waals surface area contributed by atoms with Crippen molar-refractivity contribution >= 4 is 21.6 Å². The summed E-state index contributed by atoms with van der Waals surface area (Å²) in [7, 11) is 0. The van der Waals surface area contributed by atoms with Crippen LogP contribution in [-0.2, 0) is 0 Å². The van der Waals surface area contributed by atoms with Crippen molar-refractivity contribution in [2.75, 3.05) is 18.0 Å². The molecule has 0 aliphatic carbocycles. The van der Waals surface area contributed by atoms with E-state index in [4.69, 9.17) is 0 Å². The second-order valence-corrected chi connectivity index (χ2v) is 4.62. The van der Waals surface area contributed by atoms with Crippen molar-refractivity contribution in [1.29, 1.82) is 0 Å². The van der Waals surface area contributed by atoms with Gasteiger partial charge >= 0.3 is 6.36 Å². The van der Waals surface area contributed by atoms with Crippen LogP contribution in [0, 0.1) is 0 Å². The normalized spacial score (nSPS) is 16.4. The highest BCUT2D eigenvalue weighted by Gasteiger charge is 2.32. The first-order chi connectivity index (χ1) is 7.97. The minimum atomic E-state index is -4.66. The molecule has 1 aliphatic rings. The zero-order valence-electron chi connectivity index (χ0n) is 8.93. The van der Waals surface area contributed by atoms with E-state index in [9.17, 15) is 13.2 Å². The molecular formula is C11H11BrF3NO. The minimum absolute atomic E-state index is 0.193. The monoisotopic (exact) mass is 309 g/mol. The van der Waals surface area contributed by atoms with Gasteiger partial charge in [-0.25, -0.2) is 0 Å². The first-order valence-corrected chi connectivity index (χ1v) is 6.06. The summed E-state index contributed by atoms with van der Waals surface area (Å²) in [5.41, 5.74) is 0.754. The van der Waals surface area contributed by atoms with Crippen molar-refractivity contribution in [3.05, 3.63) is 22.7 Å². The maximum absolute atomic E-state index is 12.2. The summed E-state index contributed by atoms with van der Waals surface area (Å²) in [6.07, 6.45) is -2.53. The Labute approximate surface area is 105 Å². The summed E-state index contributed by atoms with van der Waals surface area (Å²) in [6.45, 7) is 1.74. The Morgan fingerprint density at radius 2 is 1.82 bits per heavy atom. The van der Waals surface area contributed by atoms with Crippen LogP contribution in [0.2, 0.25) is 0 Å². The van der Waals surface area contributed by atoms with Gasteiger partial charge in [-0.15, -0.1) is 13.2 Å². The summed E-state index contributed by atoms with van der Waals surface area (Å²) in [5.74, 6) is -0.193. The van der Waals surface area contributed by atoms with Gasteiger partial charge in [0.25, 0.3) is 0 Å². The minimum Gasteiger partial charge on any atom is -0.405 e. The van der Waals surface area contributed by atoms with Gasteiger partial charge in [-0.1, -0.05) is 6.07 Å². The molecule has 1 saturated heterocycles. The molecule has 0 bridgehead atoms. The van der Waals surface area contributed by atoms with E-state index in [1.165, 1.54) is 6.07 Å². The Hall–Kier alpha value is -0.910. The molecular weight excluding hydrogens is 299 g/mol. The molecule has 94 valence electrons. The van der Waals surface area contributed by atoms with Gasteiger partial charge in [-0.3, -0.25) is 0 Å². The predicted molar refractivity (Wildman–Crippen MR) is 62.3 cm³/mol. The molecule has 1 aromatic carbocycles. The molecule has 2 nitrogen and oxygen atoms in total. The van der Waals surface area contributed by atoms with Crippen molar-refractivity contribution < 1.29 is 17.9 Å². The molecule has 1 fully saturated rings. The molecule has 0 N–H and O–H groups in total. The highest BCUT2D eigenvalue weighted by atomic mass is 79.9. The van der Waals surface area contributed by atoms with Gasteiger partial charge in [0.2, 0.25) is 0 Å². The van der Waals surface area contributed by atoms with Crippen molar-refractivity contribution in [3.63, 3.8) is 0 Å². The van der Waals surface area contributed by atoms with E-state index in [1.807, 2.05) is 4.90 Å². The third kappa shape index (κ3) is 3.06. The van der Waals surface area contributed by atoms with Crippen LogP contribution in [0.3, 0.4) is 0 Å². The summed E-state index contributed by atoms with van der Waals surface area (Å²) in [5, 5.41) is 0. The average molecular weight is 310 g/mol. The van der Waals surface area contributed by atoms with Gasteiger partial charge in [-0.2, -0.15) is 0 Å². The molecule has 6 heteroatoms. The lowest BCUT2D eigenvalue weighted by Crippen LogP contribution is -2.20. The molecule has 1 aliphatic heterocycles. The fourth-order valence-electron chi connectivity index (χ4n) is 1.90. The largest absolute Gasteiger partial charge is 0.573 e. The Kier molecular flexibility index (Phi) is 3.51.